The van der Waals surface area contributed by atoms with Crippen LogP contribution in [0.4, 0.5) is 10.5 Å². The molecular weight excluding hydrogens is 394 g/mol. The van der Waals surface area contributed by atoms with Gasteiger partial charge in [-0.25, -0.2) is 4.79 Å². The van der Waals surface area contributed by atoms with Crippen LogP contribution in [0, 0.1) is 5.41 Å². The van der Waals surface area contributed by atoms with Gasteiger partial charge in [0, 0.05) is 38.3 Å². The molecule has 0 saturated carbocycles. The Bertz CT molecular complexity index is 851. The lowest BCUT2D eigenvalue weighted by Gasteiger charge is -2.39. The molecule has 4 rings (SSSR count). The van der Waals surface area contributed by atoms with Crippen molar-refractivity contribution in [2.75, 3.05) is 31.1 Å². The van der Waals surface area contributed by atoms with Crippen molar-refractivity contribution in [3.63, 3.8) is 0 Å². The molecule has 3 fully saturated rings. The lowest BCUT2D eigenvalue weighted by molar-refractivity contribution is -0.134. The van der Waals surface area contributed by atoms with Crippen molar-refractivity contribution in [3.05, 3.63) is 29.8 Å². The number of hydrogen-bond donors (Lipinski definition) is 1. The lowest BCUT2D eigenvalue weighted by atomic mass is 9.78. The number of hydrogen-bond acceptors (Lipinski definition) is 5. The summed E-state index contributed by atoms with van der Waals surface area (Å²) < 4.78 is 5.52. The van der Waals surface area contributed by atoms with Gasteiger partial charge in [-0.3, -0.25) is 14.9 Å². The highest BCUT2D eigenvalue weighted by atomic mass is 16.6. The molecule has 1 aromatic rings. The van der Waals surface area contributed by atoms with E-state index in [4.69, 9.17) is 4.74 Å². The number of rotatable bonds is 2. The normalized spacial score (nSPS) is 23.8. The molecule has 3 saturated heterocycles. The number of anilines is 1. The van der Waals surface area contributed by atoms with Crippen LogP contribution in [0.5, 0.6) is 0 Å². The fourth-order valence-electron chi connectivity index (χ4n) is 4.98. The molecule has 1 spiro atoms. The van der Waals surface area contributed by atoms with E-state index in [2.05, 4.69) is 22.3 Å². The zero-order valence-corrected chi connectivity index (χ0v) is 18.8. The van der Waals surface area contributed by atoms with Crippen LogP contribution in [0.25, 0.3) is 0 Å². The second-order valence-corrected chi connectivity index (χ2v) is 10.2. The predicted octanol–water partition coefficient (Wildman–Crippen LogP) is 3.43. The average molecular weight is 428 g/mol. The summed E-state index contributed by atoms with van der Waals surface area (Å²) in [6.07, 6.45) is 3.89. The maximum atomic E-state index is 12.4. The molecule has 1 aromatic carbocycles. The van der Waals surface area contributed by atoms with Crippen LogP contribution in [0.15, 0.2) is 24.3 Å². The van der Waals surface area contributed by atoms with Gasteiger partial charge in [0.05, 0.1) is 5.92 Å². The van der Waals surface area contributed by atoms with Crippen molar-refractivity contribution in [3.8, 4) is 0 Å². The highest BCUT2D eigenvalue weighted by Gasteiger charge is 2.42. The molecule has 168 valence electrons. The fraction of sp³-hybridized carbons (Fsp3) is 0.625. The van der Waals surface area contributed by atoms with Gasteiger partial charge in [-0.2, -0.15) is 0 Å². The summed E-state index contributed by atoms with van der Waals surface area (Å²) in [5.74, 6) is -0.618. The van der Waals surface area contributed by atoms with Crippen molar-refractivity contribution in [1.82, 2.24) is 10.2 Å². The first-order valence-electron chi connectivity index (χ1n) is 11.3. The second kappa shape index (κ2) is 8.17. The number of imide groups is 1. The highest BCUT2D eigenvalue weighted by Crippen LogP contribution is 2.42. The summed E-state index contributed by atoms with van der Waals surface area (Å²) in [7, 11) is 0. The summed E-state index contributed by atoms with van der Waals surface area (Å²) in [5.41, 5.74) is 1.92. The van der Waals surface area contributed by atoms with Gasteiger partial charge in [0.2, 0.25) is 11.8 Å². The molecule has 0 radical (unpaired) electrons. The zero-order valence-electron chi connectivity index (χ0n) is 18.8. The molecule has 3 aliphatic heterocycles. The van der Waals surface area contributed by atoms with Crippen LogP contribution in [0.2, 0.25) is 0 Å². The molecule has 7 nitrogen and oxygen atoms in total. The topological polar surface area (TPSA) is 79.0 Å². The standard InChI is InChI=1S/C24H33N3O4/c1-23(2,3)31-22(30)26-13-10-24(11-14-26)12-15-27(16-24)18-6-4-17(5-7-18)19-8-9-20(28)25-21(19)29/h4-7,19H,8-16H2,1-3H3,(H,25,28,29). The smallest absolute Gasteiger partial charge is 0.410 e. The third kappa shape index (κ3) is 4.86. The van der Waals surface area contributed by atoms with Crippen LogP contribution >= 0.6 is 0 Å². The minimum atomic E-state index is -0.462. The molecular formula is C24H33N3O4. The molecule has 3 heterocycles. The summed E-state index contributed by atoms with van der Waals surface area (Å²) in [6, 6.07) is 8.22. The second-order valence-electron chi connectivity index (χ2n) is 10.2. The van der Waals surface area contributed by atoms with Crippen LogP contribution in [0.1, 0.15) is 64.4 Å². The van der Waals surface area contributed by atoms with Gasteiger partial charge in [0.15, 0.2) is 0 Å². The van der Waals surface area contributed by atoms with Gasteiger partial charge < -0.3 is 14.5 Å². The van der Waals surface area contributed by atoms with Crippen molar-refractivity contribution in [1.29, 1.82) is 0 Å². The Morgan fingerprint density at radius 3 is 2.32 bits per heavy atom. The Labute approximate surface area is 184 Å². The molecule has 1 unspecified atom stereocenters. The van der Waals surface area contributed by atoms with Crippen molar-refractivity contribution >= 4 is 23.6 Å². The van der Waals surface area contributed by atoms with E-state index in [1.165, 1.54) is 5.69 Å². The lowest BCUT2D eigenvalue weighted by Crippen LogP contribution is -2.46. The molecule has 3 amide bonds. The van der Waals surface area contributed by atoms with Crippen LogP contribution < -0.4 is 10.2 Å². The molecule has 31 heavy (non-hydrogen) atoms. The van der Waals surface area contributed by atoms with E-state index in [-0.39, 0.29) is 29.2 Å². The molecule has 3 aliphatic rings. The Morgan fingerprint density at radius 1 is 1.06 bits per heavy atom. The van der Waals surface area contributed by atoms with Crippen molar-refractivity contribution in [2.24, 2.45) is 5.41 Å². The van der Waals surface area contributed by atoms with E-state index in [1.807, 2.05) is 37.8 Å². The first-order chi connectivity index (χ1) is 14.6. The van der Waals surface area contributed by atoms with Gasteiger partial charge in [0.1, 0.15) is 5.60 Å². The summed E-state index contributed by atoms with van der Waals surface area (Å²) >= 11 is 0. The third-order valence-electron chi connectivity index (χ3n) is 6.81. The SMILES string of the molecule is CC(C)(C)OC(=O)N1CCC2(CC1)CCN(c1ccc(C3CCC(=O)NC3=O)cc1)C2. The predicted molar refractivity (Wildman–Crippen MR) is 118 cm³/mol. The van der Waals surface area contributed by atoms with Gasteiger partial charge in [-0.1, -0.05) is 12.1 Å². The number of ether oxygens (including phenoxy) is 1. The van der Waals surface area contributed by atoms with Crippen molar-refractivity contribution < 1.29 is 19.1 Å². The number of piperidine rings is 2. The highest BCUT2D eigenvalue weighted by molar-refractivity contribution is 6.00. The van der Waals surface area contributed by atoms with Gasteiger partial charge in [-0.15, -0.1) is 0 Å². The van der Waals surface area contributed by atoms with E-state index in [1.54, 1.807) is 0 Å². The fourth-order valence-corrected chi connectivity index (χ4v) is 4.98. The van der Waals surface area contributed by atoms with E-state index in [0.717, 1.165) is 51.0 Å². The number of carbonyl (C=O) groups is 3. The molecule has 0 aromatic heterocycles. The molecule has 7 heteroatoms. The number of nitrogens with zero attached hydrogens (tertiary/aromatic N) is 2. The maximum Gasteiger partial charge on any atom is 0.410 e. The molecule has 1 N–H and O–H groups in total. The van der Waals surface area contributed by atoms with Crippen LogP contribution in [-0.4, -0.2) is 54.6 Å². The van der Waals surface area contributed by atoms with Gasteiger partial charge in [-0.05, 0) is 69.6 Å². The number of amides is 3. The van der Waals surface area contributed by atoms with Gasteiger partial charge >= 0.3 is 6.09 Å². The van der Waals surface area contributed by atoms with Crippen molar-refractivity contribution in [2.45, 2.75) is 64.4 Å². The van der Waals surface area contributed by atoms with Crippen LogP contribution in [-0.2, 0) is 14.3 Å². The minimum absolute atomic E-state index is 0.182. The largest absolute Gasteiger partial charge is 0.444 e. The molecule has 1 atom stereocenters. The zero-order chi connectivity index (χ0) is 22.2. The minimum Gasteiger partial charge on any atom is -0.444 e. The molecule has 0 bridgehead atoms. The Kier molecular flexibility index (Phi) is 5.71. The summed E-state index contributed by atoms with van der Waals surface area (Å²) in [4.78, 5) is 40.1. The number of carbonyl (C=O) groups excluding carboxylic acids is 3. The first kappa shape index (κ1) is 21.7. The summed E-state index contributed by atoms with van der Waals surface area (Å²) in [6.45, 7) is 9.19. The van der Waals surface area contributed by atoms with Crippen LogP contribution in [0.3, 0.4) is 0 Å². The monoisotopic (exact) mass is 427 g/mol. The Morgan fingerprint density at radius 2 is 1.71 bits per heavy atom. The van der Waals surface area contributed by atoms with E-state index < -0.39 is 5.60 Å². The average Bonchev–Trinajstić information content (AvgIpc) is 3.11. The van der Waals surface area contributed by atoms with E-state index in [0.29, 0.717) is 12.8 Å². The number of benzene rings is 1. The first-order valence-corrected chi connectivity index (χ1v) is 11.3. The van der Waals surface area contributed by atoms with E-state index >= 15 is 0 Å². The Hall–Kier alpha value is -2.57. The Balaban J connectivity index is 1.34. The number of nitrogens with one attached hydrogen (secondary N) is 1. The quantitative estimate of drug-likeness (QED) is 0.732. The third-order valence-corrected chi connectivity index (χ3v) is 6.81. The van der Waals surface area contributed by atoms with E-state index in [9.17, 15) is 14.4 Å². The maximum absolute atomic E-state index is 12.4. The number of likely N-dealkylation sites (tertiary alicyclic amines) is 1. The summed E-state index contributed by atoms with van der Waals surface area (Å²) in [5, 5.41) is 2.44. The van der Waals surface area contributed by atoms with Gasteiger partial charge in [0.25, 0.3) is 0 Å². The molecule has 0 aliphatic carbocycles.